The molecule has 0 aliphatic rings. The Morgan fingerprint density at radius 2 is 1.75 bits per heavy atom. The number of unbranched alkanes of at least 4 members (excludes halogenated alkanes) is 2. The van der Waals surface area contributed by atoms with Crippen LogP contribution in [0.1, 0.15) is 67.3 Å². The molecule has 2 N–H and O–H groups in total. The van der Waals surface area contributed by atoms with Crippen molar-refractivity contribution in [3.63, 3.8) is 0 Å². The Morgan fingerprint density at radius 1 is 0.932 bits per heavy atom. The number of carbonyl (C=O) groups excluding carboxylic acids is 1. The molecule has 11 heteroatoms. The summed E-state index contributed by atoms with van der Waals surface area (Å²) >= 11 is 0. The molecule has 0 unspecified atom stereocenters. The van der Waals surface area contributed by atoms with E-state index in [0.717, 1.165) is 74.9 Å². The van der Waals surface area contributed by atoms with E-state index in [1.807, 2.05) is 67.9 Å². The minimum absolute atomic E-state index is 0.155. The van der Waals surface area contributed by atoms with Crippen molar-refractivity contribution in [2.24, 2.45) is 7.05 Å². The summed E-state index contributed by atoms with van der Waals surface area (Å²) in [5, 5.41) is 15.0. The first-order valence-corrected chi connectivity index (χ1v) is 15.2. The lowest BCUT2D eigenvalue weighted by molar-refractivity contribution is 0.0857. The van der Waals surface area contributed by atoms with Gasteiger partial charge in [-0.25, -0.2) is 9.97 Å². The fraction of sp³-hybridized carbons (Fsp3) is 0.424. The highest BCUT2D eigenvalue weighted by atomic mass is 16.5. The van der Waals surface area contributed by atoms with Crippen molar-refractivity contribution >= 4 is 11.6 Å². The Balaban J connectivity index is 1.20. The number of nitrogens with one attached hydrogen (secondary N) is 2. The largest absolute Gasteiger partial charge is 0.494 e. The second-order valence-electron chi connectivity index (χ2n) is 10.4. The van der Waals surface area contributed by atoms with Gasteiger partial charge in [-0.1, -0.05) is 18.2 Å². The van der Waals surface area contributed by atoms with Crippen LogP contribution in [-0.4, -0.2) is 63.7 Å². The maximum Gasteiger partial charge on any atom is 0.251 e. The molecular formula is C33H43N7O4. The van der Waals surface area contributed by atoms with Gasteiger partial charge in [0.1, 0.15) is 17.8 Å². The number of benzene rings is 2. The minimum atomic E-state index is -0.193. The number of ether oxygens (including phenoxy) is 3. The van der Waals surface area contributed by atoms with Crippen LogP contribution in [0.2, 0.25) is 0 Å². The fourth-order valence-electron chi connectivity index (χ4n) is 4.53. The van der Waals surface area contributed by atoms with E-state index < -0.39 is 0 Å². The summed E-state index contributed by atoms with van der Waals surface area (Å²) in [4.78, 5) is 21.3. The molecule has 4 aromatic rings. The smallest absolute Gasteiger partial charge is 0.251 e. The van der Waals surface area contributed by atoms with Gasteiger partial charge in [-0.2, -0.15) is 0 Å². The molecule has 0 radical (unpaired) electrons. The number of hydrogen-bond acceptors (Lipinski definition) is 9. The van der Waals surface area contributed by atoms with Crippen molar-refractivity contribution in [1.29, 1.82) is 0 Å². The van der Waals surface area contributed by atoms with E-state index in [0.29, 0.717) is 30.2 Å². The van der Waals surface area contributed by atoms with E-state index in [-0.39, 0.29) is 11.9 Å². The minimum Gasteiger partial charge on any atom is -0.494 e. The molecule has 0 aliphatic carbocycles. The van der Waals surface area contributed by atoms with Crippen LogP contribution in [0.25, 0.3) is 11.5 Å². The van der Waals surface area contributed by atoms with Gasteiger partial charge >= 0.3 is 0 Å². The molecule has 0 saturated heterocycles. The van der Waals surface area contributed by atoms with Crippen LogP contribution in [0, 0.1) is 0 Å². The van der Waals surface area contributed by atoms with E-state index in [1.165, 1.54) is 6.33 Å². The molecule has 0 bridgehead atoms. The molecule has 44 heavy (non-hydrogen) atoms. The van der Waals surface area contributed by atoms with E-state index in [1.54, 1.807) is 18.3 Å². The highest BCUT2D eigenvalue weighted by Gasteiger charge is 2.14. The topological polar surface area (TPSA) is 125 Å². The van der Waals surface area contributed by atoms with Gasteiger partial charge in [-0.15, -0.1) is 10.2 Å². The standard InChI is InChI=1S/C33H43N7O4/c1-4-42-18-10-19-43-17-6-5-7-20-44-29-14-9-11-26(22-29)25(2)37-33(41)27-12-8-13-28(21-27)35-23-31-38-39-32(40(31)3)30-15-16-34-24-36-30/h8-9,11-16,21-22,24-25,35H,4-7,10,17-20,23H2,1-3H3,(H,37,41)/t25-/m0/s1. The lowest BCUT2D eigenvalue weighted by atomic mass is 10.1. The van der Waals surface area contributed by atoms with Gasteiger partial charge < -0.3 is 29.4 Å². The van der Waals surface area contributed by atoms with Crippen LogP contribution in [0.5, 0.6) is 5.75 Å². The lowest BCUT2D eigenvalue weighted by Crippen LogP contribution is -2.26. The highest BCUT2D eigenvalue weighted by Crippen LogP contribution is 2.21. The fourth-order valence-corrected chi connectivity index (χ4v) is 4.53. The third-order valence-electron chi connectivity index (χ3n) is 7.04. The summed E-state index contributed by atoms with van der Waals surface area (Å²) in [7, 11) is 1.89. The second-order valence-corrected chi connectivity index (χ2v) is 10.4. The zero-order valence-electron chi connectivity index (χ0n) is 25.9. The number of hydrogen-bond donors (Lipinski definition) is 2. The van der Waals surface area contributed by atoms with Crippen LogP contribution in [0.4, 0.5) is 5.69 Å². The Kier molecular flexibility index (Phi) is 13.1. The SMILES string of the molecule is CCOCCCOCCCCCOc1cccc([C@H](C)NC(=O)c2cccc(NCc3nnc(-c4ccncn4)n3C)c2)c1. The number of carbonyl (C=O) groups is 1. The van der Waals surface area contributed by atoms with Crippen molar-refractivity contribution in [2.75, 3.05) is 38.4 Å². The van der Waals surface area contributed by atoms with Crippen molar-refractivity contribution in [3.8, 4) is 17.3 Å². The number of anilines is 1. The average molecular weight is 602 g/mol. The molecular weight excluding hydrogens is 558 g/mol. The summed E-state index contributed by atoms with van der Waals surface area (Å²) in [5.41, 5.74) is 3.05. The van der Waals surface area contributed by atoms with Crippen molar-refractivity contribution in [2.45, 2.75) is 52.1 Å². The van der Waals surface area contributed by atoms with Gasteiger partial charge in [-0.3, -0.25) is 4.79 Å². The summed E-state index contributed by atoms with van der Waals surface area (Å²) in [6, 6.07) is 16.9. The maximum absolute atomic E-state index is 13.1. The van der Waals surface area contributed by atoms with Gasteiger partial charge in [0, 0.05) is 50.9 Å². The summed E-state index contributed by atoms with van der Waals surface area (Å²) in [6.07, 6.45) is 7.12. The van der Waals surface area contributed by atoms with Crippen LogP contribution < -0.4 is 15.4 Å². The number of amides is 1. The molecule has 2 aromatic heterocycles. The second kappa shape index (κ2) is 17.7. The first-order chi connectivity index (χ1) is 21.5. The monoisotopic (exact) mass is 601 g/mol. The highest BCUT2D eigenvalue weighted by molar-refractivity contribution is 5.95. The van der Waals surface area contributed by atoms with E-state index in [4.69, 9.17) is 14.2 Å². The zero-order chi connectivity index (χ0) is 31.0. The third kappa shape index (κ3) is 10.1. The molecule has 0 fully saturated rings. The van der Waals surface area contributed by atoms with Crippen molar-refractivity contribution < 1.29 is 19.0 Å². The van der Waals surface area contributed by atoms with E-state index in [9.17, 15) is 4.79 Å². The maximum atomic E-state index is 13.1. The first kappa shape index (κ1) is 32.6. The molecule has 1 amide bonds. The normalized spacial score (nSPS) is 11.7. The lowest BCUT2D eigenvalue weighted by Gasteiger charge is -2.16. The van der Waals surface area contributed by atoms with Crippen molar-refractivity contribution in [1.82, 2.24) is 30.0 Å². The number of nitrogens with zero attached hydrogens (tertiary/aromatic N) is 5. The van der Waals surface area contributed by atoms with Gasteiger partial charge in [0.25, 0.3) is 5.91 Å². The molecule has 0 aliphatic heterocycles. The molecule has 2 heterocycles. The Bertz CT molecular complexity index is 1430. The Labute approximate surface area is 259 Å². The Morgan fingerprint density at radius 3 is 2.59 bits per heavy atom. The zero-order valence-corrected chi connectivity index (χ0v) is 25.9. The van der Waals surface area contributed by atoms with Gasteiger partial charge in [0.15, 0.2) is 11.6 Å². The van der Waals surface area contributed by atoms with Gasteiger partial charge in [0.2, 0.25) is 0 Å². The summed E-state index contributed by atoms with van der Waals surface area (Å²) in [5.74, 6) is 2.04. The van der Waals surface area contributed by atoms with Crippen LogP contribution >= 0.6 is 0 Å². The van der Waals surface area contributed by atoms with Crippen LogP contribution in [0.15, 0.2) is 67.1 Å². The predicted octanol–water partition coefficient (Wildman–Crippen LogP) is 5.37. The molecule has 2 aromatic carbocycles. The number of rotatable bonds is 19. The number of aromatic nitrogens is 5. The average Bonchev–Trinajstić information content (AvgIpc) is 3.43. The van der Waals surface area contributed by atoms with Crippen molar-refractivity contribution in [3.05, 3.63) is 84.1 Å². The molecule has 234 valence electrons. The summed E-state index contributed by atoms with van der Waals surface area (Å²) in [6.45, 7) is 8.08. The third-order valence-corrected chi connectivity index (χ3v) is 7.04. The molecule has 11 nitrogen and oxygen atoms in total. The van der Waals surface area contributed by atoms with Gasteiger partial charge in [0.05, 0.1) is 19.2 Å². The Hall–Kier alpha value is -4.35. The van der Waals surface area contributed by atoms with Crippen LogP contribution in [0.3, 0.4) is 0 Å². The van der Waals surface area contributed by atoms with E-state index in [2.05, 4.69) is 30.8 Å². The first-order valence-electron chi connectivity index (χ1n) is 15.2. The summed E-state index contributed by atoms with van der Waals surface area (Å²) < 4.78 is 18.8. The molecule has 0 saturated carbocycles. The predicted molar refractivity (Wildman–Crippen MR) is 169 cm³/mol. The molecule has 0 spiro atoms. The van der Waals surface area contributed by atoms with Gasteiger partial charge in [-0.05, 0) is 81.5 Å². The molecule has 4 rings (SSSR count). The van der Waals surface area contributed by atoms with Crippen LogP contribution in [-0.2, 0) is 23.1 Å². The molecule has 1 atom stereocenters. The quantitative estimate of drug-likeness (QED) is 0.137. The van der Waals surface area contributed by atoms with E-state index >= 15 is 0 Å².